The lowest BCUT2D eigenvalue weighted by Crippen LogP contribution is -2.43. The molecule has 0 radical (unpaired) electrons. The molecule has 22 heavy (non-hydrogen) atoms. The minimum Gasteiger partial charge on any atom is -0.399 e. The molecule has 1 aliphatic heterocycles. The number of carbonyl (C=O) groups is 1. The summed E-state index contributed by atoms with van der Waals surface area (Å²) in [6.07, 6.45) is 0. The van der Waals surface area contributed by atoms with E-state index in [-0.39, 0.29) is 17.3 Å². The Labute approximate surface area is 131 Å². The molecule has 116 valence electrons. The van der Waals surface area contributed by atoms with Crippen molar-refractivity contribution in [3.63, 3.8) is 0 Å². The third-order valence-corrected chi connectivity index (χ3v) is 4.39. The van der Waals surface area contributed by atoms with Crippen molar-refractivity contribution in [1.82, 2.24) is 9.47 Å². The number of anilines is 1. The minimum atomic E-state index is -0.140. The lowest BCUT2D eigenvalue weighted by molar-refractivity contribution is -0.135. The molecule has 0 atom stereocenters. The summed E-state index contributed by atoms with van der Waals surface area (Å²) in [4.78, 5) is 26.0. The first kappa shape index (κ1) is 14.8. The molecular formula is C15H17N3O3S. The SMILES string of the molecule is Nc1cccc(-c2csc(=O)n2CC(=O)N2CCOCC2)c1. The van der Waals surface area contributed by atoms with Crippen LogP contribution >= 0.6 is 11.3 Å². The van der Waals surface area contributed by atoms with Crippen molar-refractivity contribution in [2.75, 3.05) is 32.0 Å². The molecule has 3 rings (SSSR count). The van der Waals surface area contributed by atoms with Gasteiger partial charge in [-0.15, -0.1) is 0 Å². The van der Waals surface area contributed by atoms with Crippen LogP contribution in [-0.2, 0) is 16.1 Å². The van der Waals surface area contributed by atoms with E-state index in [4.69, 9.17) is 10.5 Å². The molecule has 0 aliphatic carbocycles. The van der Waals surface area contributed by atoms with Crippen LogP contribution in [0.3, 0.4) is 0 Å². The second kappa shape index (κ2) is 6.33. The van der Waals surface area contributed by atoms with E-state index in [1.807, 2.05) is 12.1 Å². The van der Waals surface area contributed by atoms with Crippen LogP contribution in [0.15, 0.2) is 34.4 Å². The van der Waals surface area contributed by atoms with Crippen molar-refractivity contribution in [2.45, 2.75) is 6.54 Å². The van der Waals surface area contributed by atoms with Gasteiger partial charge in [0, 0.05) is 29.7 Å². The van der Waals surface area contributed by atoms with E-state index in [0.29, 0.717) is 32.0 Å². The predicted molar refractivity (Wildman–Crippen MR) is 85.8 cm³/mol. The maximum Gasteiger partial charge on any atom is 0.308 e. The lowest BCUT2D eigenvalue weighted by atomic mass is 10.1. The van der Waals surface area contributed by atoms with Gasteiger partial charge in [-0.1, -0.05) is 23.5 Å². The molecule has 0 saturated carbocycles. The summed E-state index contributed by atoms with van der Waals surface area (Å²) >= 11 is 1.09. The van der Waals surface area contributed by atoms with Gasteiger partial charge in [-0.2, -0.15) is 0 Å². The van der Waals surface area contributed by atoms with E-state index in [9.17, 15) is 9.59 Å². The number of hydrogen-bond acceptors (Lipinski definition) is 5. The predicted octanol–water partition coefficient (Wildman–Crippen LogP) is 1.02. The molecule has 1 aromatic heterocycles. The zero-order valence-electron chi connectivity index (χ0n) is 12.0. The van der Waals surface area contributed by atoms with Crippen LogP contribution in [0.1, 0.15) is 0 Å². The number of carbonyl (C=O) groups excluding carboxylic acids is 1. The van der Waals surface area contributed by atoms with Gasteiger partial charge in [0.2, 0.25) is 5.91 Å². The number of nitrogens with zero attached hydrogens (tertiary/aromatic N) is 2. The quantitative estimate of drug-likeness (QED) is 0.857. The molecular weight excluding hydrogens is 302 g/mol. The number of nitrogen functional groups attached to an aromatic ring is 1. The van der Waals surface area contributed by atoms with Crippen LogP contribution in [0.25, 0.3) is 11.3 Å². The van der Waals surface area contributed by atoms with Crippen LogP contribution in [0.2, 0.25) is 0 Å². The first-order valence-electron chi connectivity index (χ1n) is 7.05. The third kappa shape index (κ3) is 3.05. The van der Waals surface area contributed by atoms with Gasteiger partial charge in [-0.3, -0.25) is 14.2 Å². The number of amides is 1. The van der Waals surface area contributed by atoms with Crippen molar-refractivity contribution >= 4 is 22.9 Å². The molecule has 1 fully saturated rings. The van der Waals surface area contributed by atoms with Crippen molar-refractivity contribution in [2.24, 2.45) is 0 Å². The number of thiazole rings is 1. The van der Waals surface area contributed by atoms with Gasteiger partial charge < -0.3 is 15.4 Å². The van der Waals surface area contributed by atoms with Crippen molar-refractivity contribution < 1.29 is 9.53 Å². The molecule has 1 saturated heterocycles. The van der Waals surface area contributed by atoms with Gasteiger partial charge in [0.15, 0.2) is 0 Å². The normalized spacial score (nSPS) is 15.0. The Balaban J connectivity index is 1.86. The highest BCUT2D eigenvalue weighted by Gasteiger charge is 2.19. The average Bonchev–Trinajstić information content (AvgIpc) is 2.89. The number of nitrogens with two attached hydrogens (primary N) is 1. The highest BCUT2D eigenvalue weighted by molar-refractivity contribution is 7.07. The maximum atomic E-state index is 12.4. The first-order chi connectivity index (χ1) is 10.6. The van der Waals surface area contributed by atoms with Gasteiger partial charge in [0.25, 0.3) is 0 Å². The van der Waals surface area contributed by atoms with E-state index in [1.165, 1.54) is 4.57 Å². The van der Waals surface area contributed by atoms with Crippen molar-refractivity contribution in [3.05, 3.63) is 39.3 Å². The molecule has 0 bridgehead atoms. The van der Waals surface area contributed by atoms with Crippen LogP contribution in [-0.4, -0.2) is 41.7 Å². The molecule has 1 amide bonds. The highest BCUT2D eigenvalue weighted by atomic mass is 32.1. The first-order valence-corrected chi connectivity index (χ1v) is 7.93. The molecule has 0 spiro atoms. The van der Waals surface area contributed by atoms with Gasteiger partial charge >= 0.3 is 4.87 Å². The average molecular weight is 319 g/mol. The number of hydrogen-bond donors (Lipinski definition) is 1. The Morgan fingerprint density at radius 3 is 2.82 bits per heavy atom. The molecule has 2 aromatic rings. The summed E-state index contributed by atoms with van der Waals surface area (Å²) in [5.74, 6) is -0.0612. The molecule has 1 aromatic carbocycles. The summed E-state index contributed by atoms with van der Waals surface area (Å²) < 4.78 is 6.75. The monoisotopic (exact) mass is 319 g/mol. The van der Waals surface area contributed by atoms with Crippen LogP contribution < -0.4 is 10.6 Å². The Hall–Kier alpha value is -2.12. The third-order valence-electron chi connectivity index (χ3n) is 3.62. The molecule has 1 aliphatic rings. The molecule has 2 N–H and O–H groups in total. The minimum absolute atomic E-state index is 0.0481. The Kier molecular flexibility index (Phi) is 4.26. The zero-order chi connectivity index (χ0) is 15.5. The topological polar surface area (TPSA) is 77.6 Å². The summed E-state index contributed by atoms with van der Waals surface area (Å²) in [5, 5.41) is 1.77. The fourth-order valence-corrected chi connectivity index (χ4v) is 3.22. The highest BCUT2D eigenvalue weighted by Crippen LogP contribution is 2.22. The largest absolute Gasteiger partial charge is 0.399 e. The number of ether oxygens (including phenoxy) is 1. The van der Waals surface area contributed by atoms with Crippen LogP contribution in [0.4, 0.5) is 5.69 Å². The van der Waals surface area contributed by atoms with Crippen molar-refractivity contribution in [1.29, 1.82) is 0 Å². The number of morpholine rings is 1. The fourth-order valence-electron chi connectivity index (χ4n) is 2.45. The summed E-state index contributed by atoms with van der Waals surface area (Å²) in [5.41, 5.74) is 7.99. The molecule has 2 heterocycles. The maximum absolute atomic E-state index is 12.4. The van der Waals surface area contributed by atoms with Gasteiger partial charge in [0.1, 0.15) is 6.54 Å². The Morgan fingerprint density at radius 1 is 1.32 bits per heavy atom. The van der Waals surface area contributed by atoms with E-state index in [1.54, 1.807) is 22.4 Å². The number of benzene rings is 1. The molecule has 0 unspecified atom stereocenters. The standard InChI is InChI=1S/C15H17N3O3S/c16-12-3-1-2-11(8-12)13-10-22-15(20)18(13)9-14(19)17-4-6-21-7-5-17/h1-3,8,10H,4-7,9,16H2. The van der Waals surface area contributed by atoms with Crippen LogP contribution in [0, 0.1) is 0 Å². The van der Waals surface area contributed by atoms with Crippen LogP contribution in [0.5, 0.6) is 0 Å². The zero-order valence-corrected chi connectivity index (χ0v) is 12.8. The smallest absolute Gasteiger partial charge is 0.308 e. The molecule has 7 heteroatoms. The second-order valence-electron chi connectivity index (χ2n) is 5.09. The second-order valence-corrected chi connectivity index (χ2v) is 5.91. The van der Waals surface area contributed by atoms with Crippen molar-refractivity contribution in [3.8, 4) is 11.3 Å². The lowest BCUT2D eigenvalue weighted by Gasteiger charge is -2.27. The summed E-state index contributed by atoms with van der Waals surface area (Å²) in [6, 6.07) is 7.31. The van der Waals surface area contributed by atoms with E-state index in [0.717, 1.165) is 22.6 Å². The number of aromatic nitrogens is 1. The van der Waals surface area contributed by atoms with E-state index in [2.05, 4.69) is 0 Å². The Bertz CT molecular complexity index is 732. The van der Waals surface area contributed by atoms with Gasteiger partial charge in [-0.25, -0.2) is 0 Å². The van der Waals surface area contributed by atoms with Gasteiger partial charge in [0.05, 0.1) is 18.9 Å². The summed E-state index contributed by atoms with van der Waals surface area (Å²) in [7, 11) is 0. The Morgan fingerprint density at radius 2 is 2.09 bits per heavy atom. The van der Waals surface area contributed by atoms with E-state index < -0.39 is 0 Å². The number of rotatable bonds is 3. The van der Waals surface area contributed by atoms with E-state index >= 15 is 0 Å². The molecule has 6 nitrogen and oxygen atoms in total. The van der Waals surface area contributed by atoms with Gasteiger partial charge in [-0.05, 0) is 12.1 Å². The summed E-state index contributed by atoms with van der Waals surface area (Å²) in [6.45, 7) is 2.29. The fraction of sp³-hybridized carbons (Fsp3) is 0.333.